The number of ether oxygens (including phenoxy) is 2. The van der Waals surface area contributed by atoms with E-state index < -0.39 is 11.7 Å². The van der Waals surface area contributed by atoms with Crippen molar-refractivity contribution in [2.75, 3.05) is 0 Å². The van der Waals surface area contributed by atoms with Crippen molar-refractivity contribution in [3.8, 4) is 5.75 Å². The maximum atomic E-state index is 11.0. The van der Waals surface area contributed by atoms with Crippen molar-refractivity contribution in [2.45, 2.75) is 26.2 Å². The van der Waals surface area contributed by atoms with Crippen LogP contribution in [-0.2, 0) is 11.3 Å². The van der Waals surface area contributed by atoms with Gasteiger partial charge in [0.05, 0.1) is 6.61 Å². The molecule has 1 aromatic carbocycles. The van der Waals surface area contributed by atoms with Crippen LogP contribution >= 0.6 is 0 Å². The zero-order valence-electron chi connectivity index (χ0n) is 8.74. The molecule has 0 fully saturated rings. The number of primary amides is 1. The first-order valence-electron chi connectivity index (χ1n) is 4.74. The third-order valence-electron chi connectivity index (χ3n) is 2.28. The summed E-state index contributed by atoms with van der Waals surface area (Å²) in [6.45, 7) is 4.12. The standard InChI is InChI=1S/C11H13NO3/c1-11(2)14-6-8-5-7(10(12)13)3-4-9(8)15-11/h3-5H,6H2,1-2H3,(H2,12,13). The SMILES string of the molecule is CC1(C)OCc2cc(C(N)=O)ccc2O1. The van der Waals surface area contributed by atoms with Gasteiger partial charge in [-0.25, -0.2) is 0 Å². The minimum atomic E-state index is -0.610. The van der Waals surface area contributed by atoms with Gasteiger partial charge in [0.2, 0.25) is 11.7 Å². The summed E-state index contributed by atoms with van der Waals surface area (Å²) in [5.74, 6) is -0.305. The van der Waals surface area contributed by atoms with Crippen molar-refractivity contribution < 1.29 is 14.3 Å². The Morgan fingerprint density at radius 3 is 2.87 bits per heavy atom. The summed E-state index contributed by atoms with van der Waals surface area (Å²) in [7, 11) is 0. The zero-order valence-corrected chi connectivity index (χ0v) is 8.74. The van der Waals surface area contributed by atoms with Gasteiger partial charge in [0.1, 0.15) is 5.75 Å². The molecule has 80 valence electrons. The summed E-state index contributed by atoms with van der Waals surface area (Å²) >= 11 is 0. The Labute approximate surface area is 88.0 Å². The van der Waals surface area contributed by atoms with Crippen LogP contribution in [0.3, 0.4) is 0 Å². The van der Waals surface area contributed by atoms with Crippen LogP contribution in [-0.4, -0.2) is 11.7 Å². The molecule has 1 aliphatic rings. The van der Waals surface area contributed by atoms with Crippen LogP contribution in [0, 0.1) is 0 Å². The normalized spacial score (nSPS) is 17.7. The molecule has 4 nitrogen and oxygen atoms in total. The lowest BCUT2D eigenvalue weighted by atomic mass is 10.1. The van der Waals surface area contributed by atoms with Crippen LogP contribution in [0.4, 0.5) is 0 Å². The molecule has 2 N–H and O–H groups in total. The lowest BCUT2D eigenvalue weighted by Gasteiger charge is -2.32. The summed E-state index contributed by atoms with van der Waals surface area (Å²) in [5, 5.41) is 0. The van der Waals surface area contributed by atoms with Crippen molar-refractivity contribution in [1.29, 1.82) is 0 Å². The average molecular weight is 207 g/mol. The van der Waals surface area contributed by atoms with Crippen LogP contribution in [0.5, 0.6) is 5.75 Å². The number of benzene rings is 1. The molecule has 1 amide bonds. The summed E-state index contributed by atoms with van der Waals surface area (Å²) in [6, 6.07) is 5.11. The number of carbonyl (C=O) groups is 1. The van der Waals surface area contributed by atoms with E-state index in [0.29, 0.717) is 12.2 Å². The fourth-order valence-electron chi connectivity index (χ4n) is 1.49. The fraction of sp³-hybridized carbons (Fsp3) is 0.364. The Morgan fingerprint density at radius 1 is 1.47 bits per heavy atom. The highest BCUT2D eigenvalue weighted by Gasteiger charge is 2.27. The molecule has 0 unspecified atom stereocenters. The Bertz CT molecular complexity index is 412. The molecule has 0 aromatic heterocycles. The second kappa shape index (κ2) is 3.24. The van der Waals surface area contributed by atoms with Crippen LogP contribution < -0.4 is 10.5 Å². The first-order valence-corrected chi connectivity index (χ1v) is 4.74. The molecule has 0 radical (unpaired) electrons. The highest BCUT2D eigenvalue weighted by atomic mass is 16.7. The molecule has 0 atom stereocenters. The van der Waals surface area contributed by atoms with E-state index in [1.165, 1.54) is 0 Å². The first-order chi connectivity index (χ1) is 6.98. The second-order valence-corrected chi connectivity index (χ2v) is 3.98. The summed E-state index contributed by atoms with van der Waals surface area (Å²) in [4.78, 5) is 11.0. The molecule has 0 bridgehead atoms. The van der Waals surface area contributed by atoms with E-state index in [1.54, 1.807) is 18.2 Å². The Morgan fingerprint density at radius 2 is 2.20 bits per heavy atom. The molecule has 1 heterocycles. The minimum absolute atomic E-state index is 0.434. The number of amides is 1. The van der Waals surface area contributed by atoms with Crippen molar-refractivity contribution in [2.24, 2.45) is 5.73 Å². The highest BCUT2D eigenvalue weighted by Crippen LogP contribution is 2.31. The van der Waals surface area contributed by atoms with Crippen molar-refractivity contribution in [3.05, 3.63) is 29.3 Å². The number of nitrogens with two attached hydrogens (primary N) is 1. The predicted octanol–water partition coefficient (Wildman–Crippen LogP) is 1.43. The van der Waals surface area contributed by atoms with E-state index in [2.05, 4.69) is 0 Å². The molecule has 0 saturated heterocycles. The lowest BCUT2D eigenvalue weighted by Crippen LogP contribution is -2.35. The van der Waals surface area contributed by atoms with E-state index >= 15 is 0 Å². The lowest BCUT2D eigenvalue weighted by molar-refractivity contribution is -0.180. The van der Waals surface area contributed by atoms with Crippen LogP contribution in [0.25, 0.3) is 0 Å². The third-order valence-corrected chi connectivity index (χ3v) is 2.28. The van der Waals surface area contributed by atoms with E-state index in [0.717, 1.165) is 11.3 Å². The maximum absolute atomic E-state index is 11.0. The van der Waals surface area contributed by atoms with Crippen LogP contribution in [0.15, 0.2) is 18.2 Å². The van der Waals surface area contributed by atoms with Crippen LogP contribution in [0.2, 0.25) is 0 Å². The molecule has 0 saturated carbocycles. The summed E-state index contributed by atoms with van der Waals surface area (Å²) in [6.07, 6.45) is 0. The number of rotatable bonds is 1. The second-order valence-electron chi connectivity index (χ2n) is 3.98. The Kier molecular flexibility index (Phi) is 2.16. The van der Waals surface area contributed by atoms with Gasteiger partial charge in [-0.15, -0.1) is 0 Å². The van der Waals surface area contributed by atoms with Gasteiger partial charge < -0.3 is 15.2 Å². The van der Waals surface area contributed by atoms with Gasteiger partial charge in [-0.3, -0.25) is 4.79 Å². The minimum Gasteiger partial charge on any atom is -0.463 e. The van der Waals surface area contributed by atoms with Gasteiger partial charge in [-0.05, 0) is 18.2 Å². The molecule has 1 aromatic rings. The Hall–Kier alpha value is -1.55. The monoisotopic (exact) mass is 207 g/mol. The molecule has 2 rings (SSSR count). The molecule has 0 spiro atoms. The van der Waals surface area contributed by atoms with Gasteiger partial charge in [0.25, 0.3) is 0 Å². The number of hydrogen-bond donors (Lipinski definition) is 1. The fourth-order valence-corrected chi connectivity index (χ4v) is 1.49. The molecule has 1 aliphatic heterocycles. The average Bonchev–Trinajstić information content (AvgIpc) is 2.15. The van der Waals surface area contributed by atoms with E-state index in [1.807, 2.05) is 13.8 Å². The van der Waals surface area contributed by atoms with Crippen molar-refractivity contribution >= 4 is 5.91 Å². The molecule has 15 heavy (non-hydrogen) atoms. The van der Waals surface area contributed by atoms with Gasteiger partial charge >= 0.3 is 0 Å². The summed E-state index contributed by atoms with van der Waals surface area (Å²) in [5.41, 5.74) is 6.50. The van der Waals surface area contributed by atoms with E-state index in [4.69, 9.17) is 15.2 Å². The van der Waals surface area contributed by atoms with Gasteiger partial charge in [0, 0.05) is 25.0 Å². The summed E-state index contributed by atoms with van der Waals surface area (Å²) < 4.78 is 11.0. The largest absolute Gasteiger partial charge is 0.463 e. The number of hydrogen-bond acceptors (Lipinski definition) is 3. The topological polar surface area (TPSA) is 61.5 Å². The molecule has 0 aliphatic carbocycles. The number of fused-ring (bicyclic) bond motifs is 1. The predicted molar refractivity (Wildman–Crippen MR) is 54.5 cm³/mol. The molecular weight excluding hydrogens is 194 g/mol. The third kappa shape index (κ3) is 1.94. The van der Waals surface area contributed by atoms with Gasteiger partial charge in [-0.1, -0.05) is 0 Å². The van der Waals surface area contributed by atoms with E-state index in [-0.39, 0.29) is 0 Å². The van der Waals surface area contributed by atoms with E-state index in [9.17, 15) is 4.79 Å². The number of carbonyl (C=O) groups excluding carboxylic acids is 1. The first kappa shape index (κ1) is 9.98. The van der Waals surface area contributed by atoms with Crippen molar-refractivity contribution in [3.63, 3.8) is 0 Å². The van der Waals surface area contributed by atoms with Crippen LogP contribution in [0.1, 0.15) is 29.8 Å². The Balaban J connectivity index is 2.36. The molecular formula is C11H13NO3. The van der Waals surface area contributed by atoms with Crippen molar-refractivity contribution in [1.82, 2.24) is 0 Å². The van der Waals surface area contributed by atoms with Gasteiger partial charge in [0.15, 0.2) is 0 Å². The quantitative estimate of drug-likeness (QED) is 0.757. The highest BCUT2D eigenvalue weighted by molar-refractivity contribution is 5.93. The van der Waals surface area contributed by atoms with Gasteiger partial charge in [-0.2, -0.15) is 0 Å². The smallest absolute Gasteiger partial charge is 0.248 e. The zero-order chi connectivity index (χ0) is 11.1. The molecule has 4 heteroatoms. The maximum Gasteiger partial charge on any atom is 0.248 e.